The first-order valence-electron chi connectivity index (χ1n) is 9.47. The molecule has 0 bridgehead atoms. The molecular formula is C21H26ClN3O4. The van der Waals surface area contributed by atoms with Gasteiger partial charge in [-0.15, -0.1) is 12.4 Å². The Morgan fingerprint density at radius 3 is 2.93 bits per heavy atom. The summed E-state index contributed by atoms with van der Waals surface area (Å²) in [5.41, 5.74) is 2.08. The average Bonchev–Trinajstić information content (AvgIpc) is 3.20. The number of halogens is 1. The summed E-state index contributed by atoms with van der Waals surface area (Å²) < 4.78 is 16.2. The third-order valence-corrected chi connectivity index (χ3v) is 5.13. The first kappa shape index (κ1) is 21.2. The molecule has 1 saturated heterocycles. The molecule has 0 saturated carbocycles. The SMILES string of the molecule is COc1ccccc1C1CNCCN1CC(=O)NCc1ccc2c(c1)OCO2.Cl. The van der Waals surface area contributed by atoms with Gasteiger partial charge in [0.25, 0.3) is 0 Å². The lowest BCUT2D eigenvalue weighted by Crippen LogP contribution is -2.49. The van der Waals surface area contributed by atoms with Gasteiger partial charge >= 0.3 is 0 Å². The monoisotopic (exact) mass is 419 g/mol. The number of ether oxygens (including phenoxy) is 3. The van der Waals surface area contributed by atoms with Gasteiger partial charge in [0.1, 0.15) is 5.75 Å². The summed E-state index contributed by atoms with van der Waals surface area (Å²) in [5.74, 6) is 2.32. The lowest BCUT2D eigenvalue weighted by Gasteiger charge is -2.36. The maximum absolute atomic E-state index is 12.6. The molecule has 2 aliphatic rings. The number of methoxy groups -OCH3 is 1. The van der Waals surface area contributed by atoms with Gasteiger partial charge in [-0.3, -0.25) is 9.69 Å². The van der Waals surface area contributed by atoms with Crippen molar-refractivity contribution < 1.29 is 19.0 Å². The largest absolute Gasteiger partial charge is 0.496 e. The number of nitrogens with zero attached hydrogens (tertiary/aromatic N) is 1. The number of hydrogen-bond donors (Lipinski definition) is 2. The smallest absolute Gasteiger partial charge is 0.234 e. The number of piperazine rings is 1. The number of benzene rings is 2. The molecule has 0 aromatic heterocycles. The molecule has 2 aromatic rings. The Morgan fingerprint density at radius 2 is 2.07 bits per heavy atom. The van der Waals surface area contributed by atoms with Gasteiger partial charge in [-0.2, -0.15) is 0 Å². The number of amides is 1. The molecule has 0 radical (unpaired) electrons. The van der Waals surface area contributed by atoms with Crippen LogP contribution in [0.2, 0.25) is 0 Å². The van der Waals surface area contributed by atoms with E-state index in [0.29, 0.717) is 13.1 Å². The fraction of sp³-hybridized carbons (Fsp3) is 0.381. The van der Waals surface area contributed by atoms with Crippen LogP contribution in [0.5, 0.6) is 17.2 Å². The summed E-state index contributed by atoms with van der Waals surface area (Å²) >= 11 is 0. The van der Waals surface area contributed by atoms with Crippen molar-refractivity contribution in [2.75, 3.05) is 40.1 Å². The number of nitrogens with one attached hydrogen (secondary N) is 2. The minimum Gasteiger partial charge on any atom is -0.496 e. The van der Waals surface area contributed by atoms with Gasteiger partial charge in [0.15, 0.2) is 11.5 Å². The Hall–Kier alpha value is -2.48. The van der Waals surface area contributed by atoms with Crippen LogP contribution in [0.15, 0.2) is 42.5 Å². The van der Waals surface area contributed by atoms with Crippen LogP contribution in [-0.4, -0.2) is 50.9 Å². The summed E-state index contributed by atoms with van der Waals surface area (Å²) in [6.45, 7) is 3.51. The standard InChI is InChI=1S/C21H25N3O4.ClH/c1-26-18-5-3-2-4-16(18)17-12-22-8-9-24(17)13-21(25)23-11-15-6-7-19-20(10-15)28-14-27-19;/h2-7,10,17,22H,8-9,11-14H2,1H3,(H,23,25);1H. The number of carbonyl (C=O) groups is 1. The van der Waals surface area contributed by atoms with E-state index in [4.69, 9.17) is 14.2 Å². The Bertz CT molecular complexity index is 848. The summed E-state index contributed by atoms with van der Waals surface area (Å²) in [6.07, 6.45) is 0. The minimum absolute atomic E-state index is 0. The van der Waals surface area contributed by atoms with Crippen molar-refractivity contribution in [1.82, 2.24) is 15.5 Å². The van der Waals surface area contributed by atoms with Crippen LogP contribution in [-0.2, 0) is 11.3 Å². The Kier molecular flexibility index (Phi) is 7.19. The molecule has 7 nitrogen and oxygen atoms in total. The highest BCUT2D eigenvalue weighted by molar-refractivity contribution is 5.85. The fourth-order valence-electron chi connectivity index (χ4n) is 3.68. The molecule has 1 atom stereocenters. The topological polar surface area (TPSA) is 72.1 Å². The Labute approximate surface area is 176 Å². The van der Waals surface area contributed by atoms with Crippen LogP contribution in [0.1, 0.15) is 17.2 Å². The highest BCUT2D eigenvalue weighted by atomic mass is 35.5. The van der Waals surface area contributed by atoms with Crippen molar-refractivity contribution in [3.8, 4) is 17.2 Å². The second-order valence-electron chi connectivity index (χ2n) is 6.90. The fourth-order valence-corrected chi connectivity index (χ4v) is 3.68. The van der Waals surface area contributed by atoms with Gasteiger partial charge in [-0.05, 0) is 23.8 Å². The molecule has 8 heteroatoms. The van der Waals surface area contributed by atoms with Crippen molar-refractivity contribution in [1.29, 1.82) is 0 Å². The summed E-state index contributed by atoms with van der Waals surface area (Å²) in [5, 5.41) is 6.42. The van der Waals surface area contributed by atoms with E-state index < -0.39 is 0 Å². The van der Waals surface area contributed by atoms with Gasteiger partial charge in [-0.25, -0.2) is 0 Å². The number of rotatable bonds is 6. The first-order valence-corrected chi connectivity index (χ1v) is 9.47. The predicted molar refractivity (Wildman–Crippen MR) is 112 cm³/mol. The zero-order chi connectivity index (χ0) is 19.3. The average molecular weight is 420 g/mol. The van der Waals surface area contributed by atoms with E-state index in [-0.39, 0.29) is 31.1 Å². The normalized spacial score (nSPS) is 18.0. The highest BCUT2D eigenvalue weighted by Crippen LogP contribution is 2.32. The maximum Gasteiger partial charge on any atom is 0.234 e. The number of fused-ring (bicyclic) bond motifs is 1. The summed E-state index contributed by atoms with van der Waals surface area (Å²) in [7, 11) is 1.68. The lowest BCUT2D eigenvalue weighted by atomic mass is 10.0. The molecule has 4 rings (SSSR count). The van der Waals surface area contributed by atoms with Crippen molar-refractivity contribution >= 4 is 18.3 Å². The molecule has 1 unspecified atom stereocenters. The van der Waals surface area contributed by atoms with Crippen molar-refractivity contribution in [3.05, 3.63) is 53.6 Å². The molecule has 29 heavy (non-hydrogen) atoms. The van der Waals surface area contributed by atoms with E-state index in [1.54, 1.807) is 7.11 Å². The van der Waals surface area contributed by atoms with E-state index in [1.807, 2.05) is 36.4 Å². The highest BCUT2D eigenvalue weighted by Gasteiger charge is 2.27. The molecule has 2 heterocycles. The van der Waals surface area contributed by atoms with Gasteiger partial charge in [-0.1, -0.05) is 24.3 Å². The van der Waals surface area contributed by atoms with Crippen molar-refractivity contribution in [2.24, 2.45) is 0 Å². The number of para-hydroxylation sites is 1. The minimum atomic E-state index is -0.000496. The molecule has 156 valence electrons. The Morgan fingerprint density at radius 1 is 1.24 bits per heavy atom. The van der Waals surface area contributed by atoms with Gasteiger partial charge in [0, 0.05) is 31.7 Å². The quantitative estimate of drug-likeness (QED) is 0.747. The third-order valence-electron chi connectivity index (χ3n) is 5.13. The molecule has 2 N–H and O–H groups in total. The first-order chi connectivity index (χ1) is 13.7. The zero-order valence-electron chi connectivity index (χ0n) is 16.3. The summed E-state index contributed by atoms with van der Waals surface area (Å²) in [4.78, 5) is 14.8. The van der Waals surface area contributed by atoms with Crippen molar-refractivity contribution in [2.45, 2.75) is 12.6 Å². The van der Waals surface area contributed by atoms with Crippen LogP contribution in [0, 0.1) is 0 Å². The van der Waals surface area contributed by atoms with Gasteiger partial charge in [0.2, 0.25) is 12.7 Å². The van der Waals surface area contributed by atoms with E-state index in [2.05, 4.69) is 21.6 Å². The summed E-state index contributed by atoms with van der Waals surface area (Å²) in [6, 6.07) is 13.8. The van der Waals surface area contributed by atoms with Crippen molar-refractivity contribution in [3.63, 3.8) is 0 Å². The van der Waals surface area contributed by atoms with Gasteiger partial charge in [0.05, 0.1) is 19.7 Å². The zero-order valence-corrected chi connectivity index (χ0v) is 17.2. The second-order valence-corrected chi connectivity index (χ2v) is 6.90. The van der Waals surface area contributed by atoms with Crippen LogP contribution in [0.25, 0.3) is 0 Å². The lowest BCUT2D eigenvalue weighted by molar-refractivity contribution is -0.123. The molecule has 1 fully saturated rings. The maximum atomic E-state index is 12.6. The van der Waals surface area contributed by atoms with E-state index in [9.17, 15) is 4.79 Å². The molecule has 2 aromatic carbocycles. The molecular weight excluding hydrogens is 394 g/mol. The van der Waals surface area contributed by atoms with Crippen LogP contribution < -0.4 is 24.8 Å². The van der Waals surface area contributed by atoms with Crippen LogP contribution in [0.3, 0.4) is 0 Å². The second kappa shape index (κ2) is 9.82. The predicted octanol–water partition coefficient (Wildman–Crippen LogP) is 2.11. The van der Waals surface area contributed by atoms with Gasteiger partial charge < -0.3 is 24.8 Å². The van der Waals surface area contributed by atoms with Crippen LogP contribution >= 0.6 is 12.4 Å². The molecule has 0 spiro atoms. The molecule has 1 amide bonds. The van der Waals surface area contributed by atoms with Crippen LogP contribution in [0.4, 0.5) is 0 Å². The number of hydrogen-bond acceptors (Lipinski definition) is 6. The number of carbonyl (C=O) groups excluding carboxylic acids is 1. The third kappa shape index (κ3) is 4.93. The Balaban J connectivity index is 0.00000240. The molecule has 2 aliphatic heterocycles. The van der Waals surface area contributed by atoms with E-state index in [1.165, 1.54) is 0 Å². The molecule has 0 aliphatic carbocycles. The van der Waals surface area contributed by atoms with E-state index in [0.717, 1.165) is 48.0 Å². The van der Waals surface area contributed by atoms with E-state index >= 15 is 0 Å².